The van der Waals surface area contributed by atoms with Gasteiger partial charge in [0.05, 0.1) is 27.8 Å². The Labute approximate surface area is 385 Å². The lowest BCUT2D eigenvalue weighted by atomic mass is 9.59. The number of nitrogens with zero attached hydrogens (tertiary/aromatic N) is 2. The van der Waals surface area contributed by atoms with Gasteiger partial charge in [0.1, 0.15) is 8.07 Å². The average molecular weight is 857 g/mol. The van der Waals surface area contributed by atoms with E-state index in [2.05, 4.69) is 253 Å². The van der Waals surface area contributed by atoms with E-state index in [1.54, 1.807) is 0 Å². The monoisotopic (exact) mass is 856 g/mol. The molecule has 0 N–H and O–H groups in total. The van der Waals surface area contributed by atoms with Crippen molar-refractivity contribution in [3.05, 3.63) is 253 Å². The first-order valence-corrected chi connectivity index (χ1v) is 26.2. The standard InChI is InChI=1S/C63H44N2Si/c1-66(2)60-34-12-10-29-53(60)63(52-28-9-7-25-48(52)50-27-13-21-43-22-14-30-55(63)62(43)50)54-37-35-45(40-61(54)66)64(56-32-15-19-41-17-3-5-23-46(41)56)44-36-38-59-51(39-44)49-26-8-11-31-58(49)65(59)57-33-16-20-42-18-4-6-24-47(42)57/h3-40H,1-2H3. The SMILES string of the molecule is C[Si]1(C)c2ccccc2C2(c3ccccc3-c3cccc4cccc2c34)c2ccc(N(c3ccc4c(c3)c3ccccc3n4-c3cccc4ccccc34)c3cccc4ccccc34)cc21. The number of benzene rings is 11. The first-order chi connectivity index (χ1) is 32.5. The fourth-order valence-electron chi connectivity index (χ4n) is 12.4. The van der Waals surface area contributed by atoms with E-state index in [0.29, 0.717) is 0 Å². The van der Waals surface area contributed by atoms with Gasteiger partial charge in [-0.25, -0.2) is 0 Å². The van der Waals surface area contributed by atoms with Gasteiger partial charge in [-0.15, -0.1) is 0 Å². The van der Waals surface area contributed by atoms with E-state index in [1.165, 1.54) is 109 Å². The molecule has 14 rings (SSSR count). The number of anilines is 3. The fourth-order valence-corrected chi connectivity index (χ4v) is 15.6. The maximum Gasteiger partial charge on any atom is 0.113 e. The predicted octanol–water partition coefficient (Wildman–Crippen LogP) is 15.2. The fraction of sp³-hybridized carbons (Fsp3) is 0.0476. The third-order valence-corrected chi connectivity index (χ3v) is 18.7. The Kier molecular flexibility index (Phi) is 7.80. The van der Waals surface area contributed by atoms with E-state index in [4.69, 9.17) is 0 Å². The van der Waals surface area contributed by atoms with Crippen LogP contribution in [0.15, 0.2) is 231 Å². The van der Waals surface area contributed by atoms with E-state index >= 15 is 0 Å². The Balaban J connectivity index is 1.06. The van der Waals surface area contributed by atoms with Gasteiger partial charge in [-0.05, 0) is 114 Å². The van der Waals surface area contributed by atoms with Crippen LogP contribution in [0.1, 0.15) is 22.3 Å². The zero-order valence-corrected chi connectivity index (χ0v) is 37.8. The van der Waals surface area contributed by atoms with Crippen molar-refractivity contribution in [3.8, 4) is 16.8 Å². The second kappa shape index (κ2) is 13.8. The second-order valence-corrected chi connectivity index (χ2v) is 23.1. The molecular formula is C63H44N2Si. The molecule has 11 aromatic carbocycles. The molecule has 0 saturated carbocycles. The quantitative estimate of drug-likeness (QED) is 0.160. The smallest absolute Gasteiger partial charge is 0.113 e. The van der Waals surface area contributed by atoms with Gasteiger partial charge >= 0.3 is 0 Å². The maximum atomic E-state index is 2.59. The van der Waals surface area contributed by atoms with Crippen molar-refractivity contribution in [2.75, 3.05) is 4.90 Å². The molecule has 1 aromatic heterocycles. The zero-order chi connectivity index (χ0) is 43.7. The Morgan fingerprint density at radius 1 is 0.379 bits per heavy atom. The van der Waals surface area contributed by atoms with Crippen LogP contribution in [0.5, 0.6) is 0 Å². The summed E-state index contributed by atoms with van der Waals surface area (Å²) in [5.74, 6) is 0. The lowest BCUT2D eigenvalue weighted by Gasteiger charge is -2.50. The normalized spacial score (nSPS) is 15.6. The molecule has 0 saturated heterocycles. The van der Waals surface area contributed by atoms with Crippen LogP contribution < -0.4 is 15.3 Å². The number of aromatic nitrogens is 1. The third kappa shape index (κ3) is 4.95. The minimum absolute atomic E-state index is 0.496. The van der Waals surface area contributed by atoms with Crippen LogP contribution in [0.25, 0.3) is 70.9 Å². The molecule has 66 heavy (non-hydrogen) atoms. The molecule has 1 spiro atoms. The van der Waals surface area contributed by atoms with Gasteiger partial charge in [0, 0.05) is 32.9 Å². The number of rotatable bonds is 4. The van der Waals surface area contributed by atoms with Crippen LogP contribution in [-0.4, -0.2) is 12.6 Å². The minimum atomic E-state index is -2.34. The summed E-state index contributed by atoms with van der Waals surface area (Å²) in [6, 6.07) is 87.0. The summed E-state index contributed by atoms with van der Waals surface area (Å²) in [6.07, 6.45) is 0. The summed E-state index contributed by atoms with van der Waals surface area (Å²) in [7, 11) is -2.34. The Bertz CT molecular complexity index is 3990. The summed E-state index contributed by atoms with van der Waals surface area (Å²) in [4.78, 5) is 2.54. The van der Waals surface area contributed by atoms with E-state index in [0.717, 1.165) is 11.4 Å². The van der Waals surface area contributed by atoms with Crippen molar-refractivity contribution in [2.45, 2.75) is 18.5 Å². The highest BCUT2D eigenvalue weighted by Gasteiger charge is 2.52. The zero-order valence-electron chi connectivity index (χ0n) is 36.8. The first-order valence-electron chi connectivity index (χ1n) is 23.2. The highest BCUT2D eigenvalue weighted by Crippen LogP contribution is 2.56. The second-order valence-electron chi connectivity index (χ2n) is 18.8. The van der Waals surface area contributed by atoms with Crippen molar-refractivity contribution in [1.82, 2.24) is 4.57 Å². The van der Waals surface area contributed by atoms with Gasteiger partial charge in [-0.1, -0.05) is 195 Å². The molecule has 2 heterocycles. The van der Waals surface area contributed by atoms with Crippen LogP contribution >= 0.6 is 0 Å². The Morgan fingerprint density at radius 2 is 0.939 bits per heavy atom. The Hall–Kier alpha value is -7.98. The average Bonchev–Trinajstić information content (AvgIpc) is 3.70. The molecule has 12 aromatic rings. The highest BCUT2D eigenvalue weighted by molar-refractivity contribution is 7.01. The van der Waals surface area contributed by atoms with Crippen molar-refractivity contribution in [2.24, 2.45) is 0 Å². The van der Waals surface area contributed by atoms with Gasteiger partial charge in [0.15, 0.2) is 0 Å². The van der Waals surface area contributed by atoms with Crippen LogP contribution in [-0.2, 0) is 5.41 Å². The van der Waals surface area contributed by atoms with Gasteiger partial charge in [0.25, 0.3) is 0 Å². The van der Waals surface area contributed by atoms with Crippen LogP contribution in [0.3, 0.4) is 0 Å². The third-order valence-electron chi connectivity index (χ3n) is 15.2. The van der Waals surface area contributed by atoms with E-state index in [1.807, 2.05) is 0 Å². The molecule has 2 aliphatic rings. The molecule has 3 heteroatoms. The number of fused-ring (bicyclic) bond motifs is 13. The van der Waals surface area contributed by atoms with Crippen LogP contribution in [0.2, 0.25) is 13.1 Å². The lowest BCUT2D eigenvalue weighted by molar-refractivity contribution is 0.754. The molecule has 1 unspecified atom stereocenters. The summed E-state index contributed by atoms with van der Waals surface area (Å²) < 4.78 is 2.46. The molecule has 0 amide bonds. The number of hydrogen-bond donors (Lipinski definition) is 0. The summed E-state index contributed by atoms with van der Waals surface area (Å²) in [5.41, 5.74) is 14.8. The largest absolute Gasteiger partial charge is 0.310 e. The van der Waals surface area contributed by atoms with Crippen LogP contribution in [0, 0.1) is 0 Å². The molecule has 0 fully saturated rings. The van der Waals surface area contributed by atoms with Crippen molar-refractivity contribution in [3.63, 3.8) is 0 Å². The molecule has 1 aliphatic heterocycles. The van der Waals surface area contributed by atoms with Gasteiger partial charge in [0.2, 0.25) is 0 Å². The topological polar surface area (TPSA) is 8.17 Å². The van der Waals surface area contributed by atoms with Gasteiger partial charge in [-0.2, -0.15) is 0 Å². The van der Waals surface area contributed by atoms with Gasteiger partial charge < -0.3 is 9.47 Å². The van der Waals surface area contributed by atoms with Crippen molar-refractivity contribution in [1.29, 1.82) is 0 Å². The van der Waals surface area contributed by atoms with E-state index in [9.17, 15) is 0 Å². The molecule has 0 bridgehead atoms. The van der Waals surface area contributed by atoms with Crippen molar-refractivity contribution < 1.29 is 0 Å². The predicted molar refractivity (Wildman–Crippen MR) is 282 cm³/mol. The van der Waals surface area contributed by atoms with Gasteiger partial charge in [-0.3, -0.25) is 0 Å². The summed E-state index contributed by atoms with van der Waals surface area (Å²) in [6.45, 7) is 5.14. The summed E-state index contributed by atoms with van der Waals surface area (Å²) in [5, 5.41) is 13.0. The van der Waals surface area contributed by atoms with E-state index in [-0.39, 0.29) is 0 Å². The molecule has 310 valence electrons. The molecular weight excluding hydrogens is 813 g/mol. The van der Waals surface area contributed by atoms with Crippen LogP contribution in [0.4, 0.5) is 17.1 Å². The highest BCUT2D eigenvalue weighted by atomic mass is 28.3. The molecule has 1 aliphatic carbocycles. The van der Waals surface area contributed by atoms with E-state index < -0.39 is 13.5 Å². The maximum absolute atomic E-state index is 2.59. The first kappa shape index (κ1) is 37.4. The Morgan fingerprint density at radius 3 is 1.80 bits per heavy atom. The minimum Gasteiger partial charge on any atom is -0.310 e. The molecule has 2 nitrogen and oxygen atoms in total. The lowest BCUT2D eigenvalue weighted by Crippen LogP contribution is -2.63. The van der Waals surface area contributed by atoms with Crippen molar-refractivity contribution >= 4 is 89.6 Å². The summed E-state index contributed by atoms with van der Waals surface area (Å²) >= 11 is 0. The molecule has 0 radical (unpaired) electrons. The number of para-hydroxylation sites is 1. The molecule has 1 atom stereocenters. The number of hydrogen-bond acceptors (Lipinski definition) is 1.